The number of hydrogen-bond acceptors (Lipinski definition) is 3. The molecule has 2 aromatic rings. The molecule has 0 radical (unpaired) electrons. The minimum Gasteiger partial charge on any atom is -0.492 e. The van der Waals surface area contributed by atoms with Crippen LogP contribution in [0.3, 0.4) is 0 Å². The van der Waals surface area contributed by atoms with Gasteiger partial charge in [-0.25, -0.2) is 4.39 Å². The number of hydrogen-bond donors (Lipinski definition) is 1. The van der Waals surface area contributed by atoms with Gasteiger partial charge in [-0.2, -0.15) is 0 Å². The van der Waals surface area contributed by atoms with Crippen molar-refractivity contribution >= 4 is 11.6 Å². The van der Waals surface area contributed by atoms with Gasteiger partial charge in [-0.15, -0.1) is 0 Å². The van der Waals surface area contributed by atoms with E-state index in [1.807, 2.05) is 42.3 Å². The monoisotopic (exact) mass is 302 g/mol. The Bertz CT molecular complexity index is 605. The molecule has 0 bridgehead atoms. The molecule has 0 saturated carbocycles. The minimum atomic E-state index is -0.439. The van der Waals surface area contributed by atoms with Crippen LogP contribution in [0.25, 0.3) is 0 Å². The van der Waals surface area contributed by atoms with Gasteiger partial charge in [0.25, 0.3) is 0 Å². The molecule has 4 nitrogen and oxygen atoms in total. The summed E-state index contributed by atoms with van der Waals surface area (Å²) in [6.45, 7) is 1.25. The van der Waals surface area contributed by atoms with Crippen LogP contribution in [0.15, 0.2) is 54.6 Å². The maximum Gasteiger partial charge on any atom is 0.238 e. The molecule has 0 aliphatic heterocycles. The predicted octanol–water partition coefficient (Wildman–Crippen LogP) is 2.78. The third-order valence-electron chi connectivity index (χ3n) is 3.05. The molecule has 0 aliphatic carbocycles. The summed E-state index contributed by atoms with van der Waals surface area (Å²) in [7, 11) is 1.81. The number of carbonyl (C=O) groups excluding carboxylic acids is 1. The number of rotatable bonds is 7. The standard InChI is InChI=1S/C17H19FN2O2/c1-20(11-12-22-14-7-3-2-4-8-14)13-17(21)19-16-10-6-5-9-15(16)18/h2-10H,11-13H2,1H3,(H,19,21). The zero-order valence-corrected chi connectivity index (χ0v) is 12.5. The Balaban J connectivity index is 1.71. The van der Waals surface area contributed by atoms with Crippen molar-refractivity contribution in [2.24, 2.45) is 0 Å². The van der Waals surface area contributed by atoms with Gasteiger partial charge in [-0.1, -0.05) is 30.3 Å². The number of anilines is 1. The molecule has 1 amide bonds. The van der Waals surface area contributed by atoms with Crippen LogP contribution in [0, 0.1) is 5.82 Å². The number of nitrogens with one attached hydrogen (secondary N) is 1. The summed E-state index contributed by atoms with van der Waals surface area (Å²) in [5.41, 5.74) is 0.196. The van der Waals surface area contributed by atoms with E-state index in [0.29, 0.717) is 13.2 Å². The first kappa shape index (κ1) is 16.0. The Hall–Kier alpha value is -2.40. The normalized spacial score (nSPS) is 10.5. The van der Waals surface area contributed by atoms with Gasteiger partial charge in [0.2, 0.25) is 5.91 Å². The van der Waals surface area contributed by atoms with Crippen LogP contribution >= 0.6 is 0 Å². The number of para-hydroxylation sites is 2. The number of carbonyl (C=O) groups is 1. The van der Waals surface area contributed by atoms with Crippen LogP contribution in [-0.2, 0) is 4.79 Å². The fraction of sp³-hybridized carbons (Fsp3) is 0.235. The molecule has 0 spiro atoms. The predicted molar refractivity (Wildman–Crippen MR) is 84.5 cm³/mol. The average molecular weight is 302 g/mol. The van der Waals surface area contributed by atoms with Gasteiger partial charge in [-0.05, 0) is 31.3 Å². The highest BCUT2D eigenvalue weighted by molar-refractivity contribution is 5.92. The molecule has 0 saturated heterocycles. The Morgan fingerprint density at radius 1 is 1.14 bits per heavy atom. The Morgan fingerprint density at radius 3 is 2.55 bits per heavy atom. The summed E-state index contributed by atoms with van der Waals surface area (Å²) < 4.78 is 19.0. The van der Waals surface area contributed by atoms with Gasteiger partial charge in [0, 0.05) is 6.54 Å². The van der Waals surface area contributed by atoms with Gasteiger partial charge in [0.15, 0.2) is 0 Å². The summed E-state index contributed by atoms with van der Waals surface area (Å²) in [6, 6.07) is 15.6. The molecule has 0 aliphatic rings. The van der Waals surface area contributed by atoms with Crippen LogP contribution in [0.1, 0.15) is 0 Å². The first-order valence-electron chi connectivity index (χ1n) is 7.06. The first-order valence-corrected chi connectivity index (χ1v) is 7.06. The fourth-order valence-corrected chi connectivity index (χ4v) is 1.91. The third-order valence-corrected chi connectivity index (χ3v) is 3.05. The van der Waals surface area contributed by atoms with Crippen molar-refractivity contribution in [3.8, 4) is 5.75 Å². The van der Waals surface area contributed by atoms with Crippen molar-refractivity contribution in [1.82, 2.24) is 4.90 Å². The van der Waals surface area contributed by atoms with Gasteiger partial charge < -0.3 is 10.1 Å². The Morgan fingerprint density at radius 2 is 1.82 bits per heavy atom. The van der Waals surface area contributed by atoms with E-state index in [2.05, 4.69) is 5.32 Å². The molecule has 1 N–H and O–H groups in total. The zero-order chi connectivity index (χ0) is 15.8. The van der Waals surface area contributed by atoms with E-state index in [-0.39, 0.29) is 18.1 Å². The van der Waals surface area contributed by atoms with Crippen molar-refractivity contribution < 1.29 is 13.9 Å². The van der Waals surface area contributed by atoms with Crippen molar-refractivity contribution in [2.75, 3.05) is 32.1 Å². The van der Waals surface area contributed by atoms with Crippen molar-refractivity contribution in [2.45, 2.75) is 0 Å². The quantitative estimate of drug-likeness (QED) is 0.855. The first-order chi connectivity index (χ1) is 10.6. The van der Waals surface area contributed by atoms with Crippen LogP contribution in [0.4, 0.5) is 10.1 Å². The lowest BCUT2D eigenvalue weighted by Gasteiger charge is -2.16. The number of ether oxygens (including phenoxy) is 1. The number of halogens is 1. The summed E-state index contributed by atoms with van der Waals surface area (Å²) in [5, 5.41) is 2.55. The SMILES string of the molecule is CN(CCOc1ccccc1)CC(=O)Nc1ccccc1F. The zero-order valence-electron chi connectivity index (χ0n) is 12.5. The summed E-state index contributed by atoms with van der Waals surface area (Å²) in [4.78, 5) is 13.7. The summed E-state index contributed by atoms with van der Waals surface area (Å²) >= 11 is 0. The van der Waals surface area contributed by atoms with Crippen LogP contribution in [0.2, 0.25) is 0 Å². The molecule has 0 heterocycles. The molecule has 2 aromatic carbocycles. The lowest BCUT2D eigenvalue weighted by Crippen LogP contribution is -2.33. The molecule has 116 valence electrons. The maximum atomic E-state index is 13.4. The van der Waals surface area contributed by atoms with Crippen molar-refractivity contribution in [3.05, 3.63) is 60.4 Å². The second kappa shape index (κ2) is 8.14. The van der Waals surface area contributed by atoms with Gasteiger partial charge in [0.05, 0.1) is 12.2 Å². The minimum absolute atomic E-state index is 0.173. The molecule has 22 heavy (non-hydrogen) atoms. The second-order valence-corrected chi connectivity index (χ2v) is 4.93. The summed E-state index contributed by atoms with van der Waals surface area (Å²) in [6.07, 6.45) is 0. The molecular weight excluding hydrogens is 283 g/mol. The van der Waals surface area contributed by atoms with Gasteiger partial charge in [0.1, 0.15) is 18.2 Å². The Kier molecular flexibility index (Phi) is 5.91. The van der Waals surface area contributed by atoms with E-state index in [9.17, 15) is 9.18 Å². The molecule has 0 atom stereocenters. The van der Waals surface area contributed by atoms with Crippen LogP contribution in [-0.4, -0.2) is 37.6 Å². The van der Waals surface area contributed by atoms with E-state index in [4.69, 9.17) is 4.74 Å². The molecule has 5 heteroatoms. The smallest absolute Gasteiger partial charge is 0.238 e. The lowest BCUT2D eigenvalue weighted by molar-refractivity contribution is -0.117. The highest BCUT2D eigenvalue weighted by atomic mass is 19.1. The molecular formula is C17H19FN2O2. The molecule has 0 unspecified atom stereocenters. The largest absolute Gasteiger partial charge is 0.492 e. The number of amides is 1. The third kappa shape index (κ3) is 5.18. The summed E-state index contributed by atoms with van der Waals surface area (Å²) in [5.74, 6) is 0.102. The molecule has 2 rings (SSSR count). The number of nitrogens with zero attached hydrogens (tertiary/aromatic N) is 1. The topological polar surface area (TPSA) is 41.6 Å². The van der Waals surface area contributed by atoms with Crippen LogP contribution in [0.5, 0.6) is 5.75 Å². The fourth-order valence-electron chi connectivity index (χ4n) is 1.91. The molecule has 0 aromatic heterocycles. The van der Waals surface area contributed by atoms with E-state index in [0.717, 1.165) is 5.75 Å². The van der Waals surface area contributed by atoms with Gasteiger partial charge >= 0.3 is 0 Å². The highest BCUT2D eigenvalue weighted by Crippen LogP contribution is 2.12. The van der Waals surface area contributed by atoms with E-state index in [1.165, 1.54) is 12.1 Å². The van der Waals surface area contributed by atoms with E-state index < -0.39 is 5.82 Å². The average Bonchev–Trinajstić information content (AvgIpc) is 2.50. The Labute approximate surface area is 129 Å². The number of likely N-dealkylation sites (N-methyl/N-ethyl adjacent to an activating group) is 1. The van der Waals surface area contributed by atoms with E-state index in [1.54, 1.807) is 12.1 Å². The molecule has 0 fully saturated rings. The van der Waals surface area contributed by atoms with Crippen LogP contribution < -0.4 is 10.1 Å². The lowest BCUT2D eigenvalue weighted by atomic mass is 10.3. The van der Waals surface area contributed by atoms with Crippen molar-refractivity contribution in [1.29, 1.82) is 0 Å². The van der Waals surface area contributed by atoms with Gasteiger partial charge in [-0.3, -0.25) is 9.69 Å². The number of benzene rings is 2. The van der Waals surface area contributed by atoms with E-state index >= 15 is 0 Å². The highest BCUT2D eigenvalue weighted by Gasteiger charge is 2.09. The second-order valence-electron chi connectivity index (χ2n) is 4.93. The maximum absolute atomic E-state index is 13.4. The van der Waals surface area contributed by atoms with Crippen molar-refractivity contribution in [3.63, 3.8) is 0 Å².